The fraction of sp³-hybridized carbons (Fsp3) is 0.300. The van der Waals surface area contributed by atoms with E-state index in [9.17, 15) is 9.59 Å². The van der Waals surface area contributed by atoms with Gasteiger partial charge in [0.25, 0.3) is 11.5 Å². The third-order valence-electron chi connectivity index (χ3n) is 6.43. The van der Waals surface area contributed by atoms with Gasteiger partial charge >= 0.3 is 0 Å². The number of hydrogen-bond acceptors (Lipinski definition) is 4. The minimum absolute atomic E-state index is 0.140. The van der Waals surface area contributed by atoms with Crippen molar-refractivity contribution >= 4 is 40.0 Å². The molecule has 0 radical (unpaired) electrons. The van der Waals surface area contributed by atoms with Crippen molar-refractivity contribution in [2.24, 2.45) is 0 Å². The lowest BCUT2D eigenvalue weighted by atomic mass is 10.1. The summed E-state index contributed by atoms with van der Waals surface area (Å²) in [6, 6.07) is 20.8. The first kappa shape index (κ1) is 27.7. The second kappa shape index (κ2) is 12.9. The number of ether oxygens (including phenoxy) is 1. The summed E-state index contributed by atoms with van der Waals surface area (Å²) in [5.41, 5.74) is 0.986. The molecule has 1 amide bonds. The summed E-state index contributed by atoms with van der Waals surface area (Å²) in [5, 5.41) is 1.60. The van der Waals surface area contributed by atoms with E-state index in [1.165, 1.54) is 0 Å². The van der Waals surface area contributed by atoms with Crippen LogP contribution in [0.2, 0.25) is 10.0 Å². The zero-order chi connectivity index (χ0) is 27.1. The monoisotopic (exact) mass is 551 g/mol. The number of unbranched alkanes of at least 4 members (excludes halogenated alkanes) is 2. The number of amides is 1. The minimum Gasteiger partial charge on any atom is -0.484 e. The SMILES string of the molecule is CCCCCN(C(=O)COc1ccc(Cl)cc1)C(CC)c1nc2ccccc2c(=O)n1-c1cccc(Cl)c1. The van der Waals surface area contributed by atoms with Gasteiger partial charge in [-0.15, -0.1) is 0 Å². The number of nitrogens with zero attached hydrogens (tertiary/aromatic N) is 3. The van der Waals surface area contributed by atoms with Gasteiger partial charge in [-0.2, -0.15) is 0 Å². The predicted octanol–water partition coefficient (Wildman–Crippen LogP) is 7.24. The van der Waals surface area contributed by atoms with E-state index in [0.29, 0.717) is 51.2 Å². The zero-order valence-corrected chi connectivity index (χ0v) is 23.1. The first-order chi connectivity index (χ1) is 18.4. The molecule has 0 fully saturated rings. The molecule has 6 nitrogen and oxygen atoms in total. The number of fused-ring (bicyclic) bond motifs is 1. The Morgan fingerprint density at radius 3 is 2.45 bits per heavy atom. The summed E-state index contributed by atoms with van der Waals surface area (Å²) in [6.45, 7) is 4.50. The van der Waals surface area contributed by atoms with Crippen molar-refractivity contribution in [2.75, 3.05) is 13.2 Å². The second-order valence-electron chi connectivity index (χ2n) is 9.07. The van der Waals surface area contributed by atoms with E-state index in [4.69, 9.17) is 32.9 Å². The Balaban J connectivity index is 1.78. The van der Waals surface area contributed by atoms with Gasteiger partial charge < -0.3 is 9.64 Å². The molecular weight excluding hydrogens is 521 g/mol. The molecule has 38 heavy (non-hydrogen) atoms. The van der Waals surface area contributed by atoms with E-state index in [2.05, 4.69) is 6.92 Å². The summed E-state index contributed by atoms with van der Waals surface area (Å²) in [4.78, 5) is 34.2. The van der Waals surface area contributed by atoms with E-state index in [-0.39, 0.29) is 18.1 Å². The minimum atomic E-state index is -0.454. The molecule has 0 bridgehead atoms. The molecule has 3 aromatic carbocycles. The first-order valence-corrected chi connectivity index (χ1v) is 13.6. The highest BCUT2D eigenvalue weighted by Crippen LogP contribution is 2.28. The molecule has 0 aliphatic heterocycles. The van der Waals surface area contributed by atoms with Gasteiger partial charge in [0.15, 0.2) is 6.61 Å². The molecule has 0 saturated heterocycles. The summed E-state index contributed by atoms with van der Waals surface area (Å²) in [5.74, 6) is 0.877. The number of carbonyl (C=O) groups excluding carboxylic acids is 1. The van der Waals surface area contributed by atoms with Crippen molar-refractivity contribution in [1.29, 1.82) is 0 Å². The Bertz CT molecular complexity index is 1450. The number of benzene rings is 3. The molecule has 0 saturated carbocycles. The third kappa shape index (κ3) is 6.37. The van der Waals surface area contributed by atoms with Crippen LogP contribution in [0.4, 0.5) is 0 Å². The smallest absolute Gasteiger partial charge is 0.266 e. The standard InChI is InChI=1S/C30H31Cl2N3O3/c1-3-5-8-18-34(28(36)20-38-24-16-14-21(31)15-17-24)27(4-2)29-33-26-13-7-6-12-25(26)30(37)35(29)23-11-9-10-22(32)19-23/h6-7,9-17,19,27H,3-5,8,18,20H2,1-2H3. The van der Waals surface area contributed by atoms with E-state index in [0.717, 1.165) is 19.3 Å². The molecule has 8 heteroatoms. The molecule has 1 aromatic heterocycles. The third-order valence-corrected chi connectivity index (χ3v) is 6.91. The lowest BCUT2D eigenvalue weighted by Crippen LogP contribution is -2.41. The maximum atomic E-state index is 13.8. The molecule has 0 aliphatic carbocycles. The number of hydrogen-bond donors (Lipinski definition) is 0. The molecule has 198 valence electrons. The molecule has 4 aromatic rings. The average molecular weight is 553 g/mol. The van der Waals surface area contributed by atoms with Crippen molar-refractivity contribution in [1.82, 2.24) is 14.5 Å². The van der Waals surface area contributed by atoms with Crippen LogP contribution in [0.15, 0.2) is 77.6 Å². The second-order valence-corrected chi connectivity index (χ2v) is 9.94. The molecule has 0 spiro atoms. The summed E-state index contributed by atoms with van der Waals surface area (Å²) in [6.07, 6.45) is 3.38. The van der Waals surface area contributed by atoms with Crippen molar-refractivity contribution in [3.05, 3.63) is 99.0 Å². The number of halogens is 2. The van der Waals surface area contributed by atoms with Gasteiger partial charge in [-0.3, -0.25) is 14.2 Å². The first-order valence-electron chi connectivity index (χ1n) is 12.9. The van der Waals surface area contributed by atoms with Crippen LogP contribution in [-0.4, -0.2) is 33.5 Å². The summed E-state index contributed by atoms with van der Waals surface area (Å²) < 4.78 is 7.39. The predicted molar refractivity (Wildman–Crippen MR) is 154 cm³/mol. The molecule has 1 atom stereocenters. The number of aromatic nitrogens is 2. The van der Waals surface area contributed by atoms with Crippen LogP contribution in [-0.2, 0) is 4.79 Å². The van der Waals surface area contributed by atoms with Gasteiger partial charge in [-0.1, -0.05) is 68.1 Å². The van der Waals surface area contributed by atoms with Crippen LogP contribution in [0.5, 0.6) is 5.75 Å². The Hall–Kier alpha value is -3.35. The fourth-order valence-corrected chi connectivity index (χ4v) is 4.84. The molecule has 4 rings (SSSR count). The molecule has 0 aliphatic rings. The Morgan fingerprint density at radius 2 is 1.74 bits per heavy atom. The largest absolute Gasteiger partial charge is 0.484 e. The molecule has 0 N–H and O–H groups in total. The van der Waals surface area contributed by atoms with E-state index < -0.39 is 6.04 Å². The fourth-order valence-electron chi connectivity index (χ4n) is 4.53. The van der Waals surface area contributed by atoms with Gasteiger partial charge in [-0.25, -0.2) is 4.98 Å². The number of carbonyl (C=O) groups is 1. The van der Waals surface area contributed by atoms with Crippen molar-refractivity contribution in [3.8, 4) is 11.4 Å². The number of rotatable bonds is 11. The van der Waals surface area contributed by atoms with Crippen LogP contribution >= 0.6 is 23.2 Å². The maximum absolute atomic E-state index is 13.8. The highest BCUT2D eigenvalue weighted by atomic mass is 35.5. The highest BCUT2D eigenvalue weighted by Gasteiger charge is 2.29. The Morgan fingerprint density at radius 1 is 0.974 bits per heavy atom. The Labute approximate surface area is 232 Å². The lowest BCUT2D eigenvalue weighted by molar-refractivity contribution is -0.136. The normalized spacial score (nSPS) is 11.9. The summed E-state index contributed by atoms with van der Waals surface area (Å²) in [7, 11) is 0. The molecule has 1 heterocycles. The topological polar surface area (TPSA) is 64.4 Å². The van der Waals surface area contributed by atoms with Crippen molar-refractivity contribution in [3.63, 3.8) is 0 Å². The maximum Gasteiger partial charge on any atom is 0.266 e. The van der Waals surface area contributed by atoms with Gasteiger partial charge in [-0.05, 0) is 67.4 Å². The highest BCUT2D eigenvalue weighted by molar-refractivity contribution is 6.31. The van der Waals surface area contributed by atoms with Gasteiger partial charge in [0.05, 0.1) is 22.6 Å². The summed E-state index contributed by atoms with van der Waals surface area (Å²) >= 11 is 12.3. The van der Waals surface area contributed by atoms with Gasteiger partial charge in [0, 0.05) is 16.6 Å². The molecular formula is C30H31Cl2N3O3. The van der Waals surface area contributed by atoms with E-state index >= 15 is 0 Å². The van der Waals surface area contributed by atoms with Gasteiger partial charge in [0.1, 0.15) is 11.6 Å². The molecule has 1 unspecified atom stereocenters. The van der Waals surface area contributed by atoms with E-state index in [1.54, 1.807) is 58.0 Å². The van der Waals surface area contributed by atoms with Gasteiger partial charge in [0.2, 0.25) is 0 Å². The van der Waals surface area contributed by atoms with E-state index in [1.807, 2.05) is 31.2 Å². The quantitative estimate of drug-likeness (QED) is 0.184. The zero-order valence-electron chi connectivity index (χ0n) is 21.6. The van der Waals surface area contributed by atoms with Crippen LogP contribution < -0.4 is 10.3 Å². The Kier molecular flexibility index (Phi) is 9.43. The lowest BCUT2D eigenvalue weighted by Gasteiger charge is -2.32. The van der Waals surface area contributed by atoms with Crippen LogP contribution in [0.25, 0.3) is 16.6 Å². The van der Waals surface area contributed by atoms with Crippen LogP contribution in [0, 0.1) is 0 Å². The van der Waals surface area contributed by atoms with Crippen molar-refractivity contribution < 1.29 is 9.53 Å². The number of para-hydroxylation sites is 1. The van der Waals surface area contributed by atoms with Crippen LogP contribution in [0.1, 0.15) is 51.4 Å². The van der Waals surface area contributed by atoms with Crippen molar-refractivity contribution in [2.45, 2.75) is 45.6 Å². The average Bonchev–Trinajstić information content (AvgIpc) is 2.92. The van der Waals surface area contributed by atoms with Crippen LogP contribution in [0.3, 0.4) is 0 Å².